The predicted octanol–water partition coefficient (Wildman–Crippen LogP) is 1.22. The number of nitrogens with zero attached hydrogens (tertiary/aromatic N) is 1. The van der Waals surface area contributed by atoms with Crippen LogP contribution in [-0.4, -0.2) is 70.8 Å². The van der Waals surface area contributed by atoms with Gasteiger partial charge in [-0.05, 0) is 44.1 Å². The van der Waals surface area contributed by atoms with Gasteiger partial charge in [0, 0.05) is 13.2 Å². The number of methoxy groups -OCH3 is 1. The van der Waals surface area contributed by atoms with Crippen LogP contribution in [0.5, 0.6) is 0 Å². The van der Waals surface area contributed by atoms with E-state index in [0.717, 1.165) is 6.42 Å². The molecule has 0 radical (unpaired) electrons. The second-order valence-corrected chi connectivity index (χ2v) is 7.56. The van der Waals surface area contributed by atoms with E-state index in [-0.39, 0.29) is 41.2 Å². The van der Waals surface area contributed by atoms with E-state index in [0.29, 0.717) is 32.4 Å². The summed E-state index contributed by atoms with van der Waals surface area (Å²) < 4.78 is 4.90. The fourth-order valence-electron chi connectivity index (χ4n) is 3.51. The fraction of sp³-hybridized carbons (Fsp3) is 0.933. The molecule has 5 nitrogen and oxygen atoms in total. The first-order chi connectivity index (χ1) is 10.5. The maximum atomic E-state index is 12.0. The Balaban J connectivity index is 2.01. The van der Waals surface area contributed by atoms with E-state index in [1.54, 1.807) is 0 Å². The summed E-state index contributed by atoms with van der Waals surface area (Å²) in [7, 11) is 1.38. The van der Waals surface area contributed by atoms with E-state index in [9.17, 15) is 15.0 Å². The Bertz CT molecular complexity index is 385. The number of esters is 1. The number of hydrogen-bond acceptors (Lipinski definition) is 5. The summed E-state index contributed by atoms with van der Waals surface area (Å²) in [6.45, 7) is 1.41. The van der Waals surface area contributed by atoms with Crippen LogP contribution < -0.4 is 0 Å². The Kier molecular flexibility index (Phi) is 6.77. The highest BCUT2D eigenvalue weighted by atomic mass is 35.5. The summed E-state index contributed by atoms with van der Waals surface area (Å²) in [6, 6.07) is -0.356. The molecule has 6 unspecified atom stereocenters. The van der Waals surface area contributed by atoms with E-state index in [1.807, 2.05) is 0 Å². The summed E-state index contributed by atoms with van der Waals surface area (Å²) >= 11 is 12.3. The maximum Gasteiger partial charge on any atom is 0.323 e. The van der Waals surface area contributed by atoms with E-state index >= 15 is 0 Å². The minimum atomic E-state index is -0.494. The van der Waals surface area contributed by atoms with Crippen LogP contribution in [0.1, 0.15) is 25.7 Å². The Morgan fingerprint density at radius 3 is 2.59 bits per heavy atom. The monoisotopic (exact) mass is 353 g/mol. The molecule has 0 spiro atoms. The number of alkyl halides is 2. The zero-order valence-electron chi connectivity index (χ0n) is 12.8. The van der Waals surface area contributed by atoms with Crippen molar-refractivity contribution in [1.82, 2.24) is 4.90 Å². The Morgan fingerprint density at radius 1 is 1.27 bits per heavy atom. The van der Waals surface area contributed by atoms with Crippen LogP contribution in [0.15, 0.2) is 0 Å². The minimum absolute atomic E-state index is 0.00957. The molecule has 7 heteroatoms. The summed E-state index contributed by atoms with van der Waals surface area (Å²) in [4.78, 5) is 14.1. The SMILES string of the molecule is COC(=O)C1CC(CO)CCN1CC1CC(Cl)C(Cl)CC1O. The van der Waals surface area contributed by atoms with Gasteiger partial charge in [0.25, 0.3) is 0 Å². The highest BCUT2D eigenvalue weighted by Gasteiger charge is 2.39. The van der Waals surface area contributed by atoms with Gasteiger partial charge in [-0.3, -0.25) is 9.69 Å². The molecule has 0 aromatic rings. The van der Waals surface area contributed by atoms with Crippen LogP contribution in [0, 0.1) is 11.8 Å². The third-order valence-electron chi connectivity index (χ3n) is 4.95. The summed E-state index contributed by atoms with van der Waals surface area (Å²) in [6.07, 6.45) is 2.07. The number of ether oxygens (including phenoxy) is 1. The lowest BCUT2D eigenvalue weighted by atomic mass is 9.83. The van der Waals surface area contributed by atoms with Crippen molar-refractivity contribution in [2.24, 2.45) is 11.8 Å². The zero-order chi connectivity index (χ0) is 16.3. The number of hydrogen-bond donors (Lipinski definition) is 2. The fourth-order valence-corrected chi connectivity index (χ4v) is 4.13. The molecule has 1 aliphatic heterocycles. The zero-order valence-corrected chi connectivity index (χ0v) is 14.3. The molecule has 128 valence electrons. The molecule has 0 aromatic carbocycles. The van der Waals surface area contributed by atoms with Gasteiger partial charge in [-0.15, -0.1) is 23.2 Å². The normalized spacial score (nSPS) is 40.4. The molecule has 1 saturated heterocycles. The standard InChI is InChI=1S/C15H25Cl2NO4/c1-22-15(21)13-4-9(8-19)2-3-18(13)7-10-5-11(16)12(17)6-14(10)20/h9-14,19-20H,2-8H2,1H3. The lowest BCUT2D eigenvalue weighted by Gasteiger charge is -2.42. The third kappa shape index (κ3) is 4.26. The van der Waals surface area contributed by atoms with Gasteiger partial charge in [0.2, 0.25) is 0 Å². The van der Waals surface area contributed by atoms with Crippen molar-refractivity contribution in [3.8, 4) is 0 Å². The number of likely N-dealkylation sites (tertiary alicyclic amines) is 1. The number of halogens is 2. The summed E-state index contributed by atoms with van der Waals surface area (Å²) in [5, 5.41) is 19.2. The van der Waals surface area contributed by atoms with Crippen molar-refractivity contribution in [2.75, 3.05) is 26.8 Å². The second kappa shape index (κ2) is 8.15. The minimum Gasteiger partial charge on any atom is -0.468 e. The molecular weight excluding hydrogens is 329 g/mol. The average molecular weight is 354 g/mol. The molecule has 2 N–H and O–H groups in total. The van der Waals surface area contributed by atoms with Crippen LogP contribution in [0.25, 0.3) is 0 Å². The molecule has 2 rings (SSSR count). The molecule has 1 saturated carbocycles. The molecule has 0 aromatic heterocycles. The first-order valence-corrected chi connectivity index (χ1v) is 8.72. The van der Waals surface area contributed by atoms with E-state index in [2.05, 4.69) is 4.90 Å². The van der Waals surface area contributed by atoms with Crippen molar-refractivity contribution >= 4 is 29.2 Å². The first-order valence-electron chi connectivity index (χ1n) is 7.85. The molecule has 1 heterocycles. The smallest absolute Gasteiger partial charge is 0.323 e. The number of aliphatic hydroxyl groups is 2. The third-order valence-corrected chi connectivity index (χ3v) is 6.05. The molecule has 0 amide bonds. The predicted molar refractivity (Wildman–Crippen MR) is 85.2 cm³/mol. The molecule has 0 bridgehead atoms. The summed E-state index contributed by atoms with van der Waals surface area (Å²) in [5.41, 5.74) is 0. The Hall–Kier alpha value is -0.0700. The van der Waals surface area contributed by atoms with Gasteiger partial charge in [0.05, 0.1) is 24.0 Å². The van der Waals surface area contributed by atoms with Gasteiger partial charge < -0.3 is 14.9 Å². The number of piperidine rings is 1. The van der Waals surface area contributed by atoms with Crippen molar-refractivity contribution < 1.29 is 19.7 Å². The topological polar surface area (TPSA) is 70.0 Å². The highest BCUT2D eigenvalue weighted by molar-refractivity contribution is 6.30. The van der Waals surface area contributed by atoms with Crippen LogP contribution >= 0.6 is 23.2 Å². The van der Waals surface area contributed by atoms with Gasteiger partial charge in [-0.25, -0.2) is 0 Å². The number of carbonyl (C=O) groups is 1. The van der Waals surface area contributed by atoms with Gasteiger partial charge in [0.1, 0.15) is 6.04 Å². The second-order valence-electron chi connectivity index (χ2n) is 6.44. The molecule has 1 aliphatic carbocycles. The maximum absolute atomic E-state index is 12.0. The highest BCUT2D eigenvalue weighted by Crippen LogP contribution is 2.34. The molecule has 22 heavy (non-hydrogen) atoms. The van der Waals surface area contributed by atoms with Crippen LogP contribution in [0.4, 0.5) is 0 Å². The average Bonchev–Trinajstić information content (AvgIpc) is 2.52. The van der Waals surface area contributed by atoms with Crippen molar-refractivity contribution in [3.63, 3.8) is 0 Å². The number of carbonyl (C=O) groups excluding carboxylic acids is 1. The Labute approximate surface area is 141 Å². The number of aliphatic hydroxyl groups excluding tert-OH is 2. The quantitative estimate of drug-likeness (QED) is 0.587. The van der Waals surface area contributed by atoms with Gasteiger partial charge in [0.15, 0.2) is 0 Å². The lowest BCUT2D eigenvalue weighted by molar-refractivity contribution is -0.150. The van der Waals surface area contributed by atoms with Crippen LogP contribution in [-0.2, 0) is 9.53 Å². The number of rotatable bonds is 4. The summed E-state index contributed by atoms with van der Waals surface area (Å²) in [5.74, 6) is -0.138. The van der Waals surface area contributed by atoms with E-state index in [1.165, 1.54) is 7.11 Å². The lowest BCUT2D eigenvalue weighted by Crippen LogP contribution is -2.52. The van der Waals surface area contributed by atoms with Crippen molar-refractivity contribution in [3.05, 3.63) is 0 Å². The van der Waals surface area contributed by atoms with E-state index < -0.39 is 6.10 Å². The molecule has 2 fully saturated rings. The largest absolute Gasteiger partial charge is 0.468 e. The van der Waals surface area contributed by atoms with Gasteiger partial charge >= 0.3 is 5.97 Å². The first kappa shape index (κ1) is 18.3. The Morgan fingerprint density at radius 2 is 1.95 bits per heavy atom. The molecular formula is C15H25Cl2NO4. The van der Waals surface area contributed by atoms with Gasteiger partial charge in [-0.2, -0.15) is 0 Å². The molecule has 6 atom stereocenters. The molecule has 2 aliphatic rings. The van der Waals surface area contributed by atoms with Crippen molar-refractivity contribution in [2.45, 2.75) is 48.6 Å². The van der Waals surface area contributed by atoms with Crippen LogP contribution in [0.2, 0.25) is 0 Å². The van der Waals surface area contributed by atoms with E-state index in [4.69, 9.17) is 27.9 Å². The van der Waals surface area contributed by atoms with Crippen molar-refractivity contribution in [1.29, 1.82) is 0 Å². The van der Waals surface area contributed by atoms with Crippen LogP contribution in [0.3, 0.4) is 0 Å². The van der Waals surface area contributed by atoms with Gasteiger partial charge in [-0.1, -0.05) is 0 Å².